The van der Waals surface area contributed by atoms with Gasteiger partial charge in [-0.3, -0.25) is 9.80 Å². The Kier molecular flexibility index (Phi) is 18.3. The fraction of sp³-hybridized carbons (Fsp3) is 0.435. The molecule has 2 aliphatic heterocycles. The zero-order chi connectivity index (χ0) is 50.9. The number of anilines is 5. The van der Waals surface area contributed by atoms with E-state index in [0.29, 0.717) is 60.8 Å². The van der Waals surface area contributed by atoms with Crippen LogP contribution in [0.15, 0.2) is 82.5 Å². The molecule has 0 amide bonds. The van der Waals surface area contributed by atoms with Crippen molar-refractivity contribution >= 4 is 52.2 Å². The summed E-state index contributed by atoms with van der Waals surface area (Å²) in [5.41, 5.74) is 12.9. The van der Waals surface area contributed by atoms with E-state index in [2.05, 4.69) is 79.9 Å². The highest BCUT2D eigenvalue weighted by Gasteiger charge is 2.21. The van der Waals surface area contributed by atoms with Gasteiger partial charge in [0.2, 0.25) is 23.5 Å². The van der Waals surface area contributed by atoms with Gasteiger partial charge in [0.15, 0.2) is 11.3 Å². The van der Waals surface area contributed by atoms with Crippen LogP contribution in [-0.4, -0.2) is 198 Å². The topological polar surface area (TPSA) is 303 Å². The molecular weight excluding hydrogens is 964 g/mol. The molecule has 0 unspecified atom stereocenters. The smallest absolute Gasteiger partial charge is 0.266 e. The van der Waals surface area contributed by atoms with Crippen molar-refractivity contribution in [2.75, 3.05) is 145 Å². The van der Waals surface area contributed by atoms with Crippen LogP contribution in [0.3, 0.4) is 0 Å². The Hall–Kier alpha value is -7.49. The average Bonchev–Trinajstić information content (AvgIpc) is 4.27. The lowest BCUT2D eigenvalue weighted by atomic mass is 10.3. The lowest BCUT2D eigenvalue weighted by Gasteiger charge is -2.36. The number of aromatic nitrogens is 12. The first-order valence-corrected chi connectivity index (χ1v) is 24.3. The van der Waals surface area contributed by atoms with E-state index in [-0.39, 0.29) is 30.3 Å². The van der Waals surface area contributed by atoms with E-state index in [1.807, 2.05) is 44.4 Å². The number of nitrogens with two attached hydrogens (primary N) is 2. The number of fused-ring (bicyclic) bond motifs is 2. The minimum atomic E-state index is 0.124. The number of likely N-dealkylation sites (N-methyl/N-ethyl adjacent to an activating group) is 2. The van der Waals surface area contributed by atoms with Gasteiger partial charge in [-0.15, -0.1) is 10.2 Å². The number of ether oxygens (including phenoxy) is 2. The van der Waals surface area contributed by atoms with Crippen LogP contribution in [0.5, 0.6) is 11.5 Å². The van der Waals surface area contributed by atoms with Gasteiger partial charge in [-0.25, -0.2) is 34.9 Å². The zero-order valence-corrected chi connectivity index (χ0v) is 41.6. The van der Waals surface area contributed by atoms with Crippen molar-refractivity contribution in [3.63, 3.8) is 0 Å². The summed E-state index contributed by atoms with van der Waals surface area (Å²) in [5, 5.41) is 29.5. The summed E-state index contributed by atoms with van der Waals surface area (Å²) in [7, 11) is 3.98. The Morgan fingerprint density at radius 1 is 0.671 bits per heavy atom. The number of aliphatic hydroxyl groups excluding tert-OH is 2. The van der Waals surface area contributed by atoms with Gasteiger partial charge in [-0.05, 0) is 31.3 Å². The SMILES string of the molecule is CN(CCN1CCN(c2ccc(OCCCO)cn2)CC1)c1cc2nc(-c3ncco3)nn2c(N)n1.CNCCN1CCN(c2ccc(OCCCO)cn2)CC1.Nc1nc(Cl)cc2nc(-c3ncco3)nn12. The molecule has 0 radical (unpaired) electrons. The maximum Gasteiger partial charge on any atom is 0.266 e. The molecule has 8 aromatic heterocycles. The molecular formula is C46H61ClN20O6. The number of hydrogen-bond acceptors (Lipinski definition) is 24. The molecule has 0 spiro atoms. The third kappa shape index (κ3) is 14.1. The summed E-state index contributed by atoms with van der Waals surface area (Å²) in [5.74, 6) is 5.95. The molecule has 10 rings (SSSR count). The molecule has 10 heterocycles. The number of oxazole rings is 2. The van der Waals surface area contributed by atoms with Crippen LogP contribution < -0.4 is 41.0 Å². The second kappa shape index (κ2) is 25.8. The number of nitrogen functional groups attached to an aromatic ring is 2. The number of rotatable bonds is 19. The fourth-order valence-corrected chi connectivity index (χ4v) is 7.89. The van der Waals surface area contributed by atoms with E-state index in [4.69, 9.17) is 51.6 Å². The first kappa shape index (κ1) is 51.9. The largest absolute Gasteiger partial charge is 0.492 e. The summed E-state index contributed by atoms with van der Waals surface area (Å²) in [6.07, 6.45) is 10.7. The number of halogens is 1. The average molecular weight is 1030 g/mol. The van der Waals surface area contributed by atoms with Crippen LogP contribution in [0.4, 0.5) is 29.4 Å². The maximum atomic E-state index is 8.86. The second-order valence-corrected chi connectivity index (χ2v) is 17.1. The van der Waals surface area contributed by atoms with Crippen LogP contribution in [0.25, 0.3) is 34.7 Å². The molecule has 2 fully saturated rings. The van der Waals surface area contributed by atoms with Gasteiger partial charge in [0, 0.05) is 124 Å². The molecule has 73 heavy (non-hydrogen) atoms. The lowest BCUT2D eigenvalue weighted by molar-refractivity contribution is 0.232. The van der Waals surface area contributed by atoms with E-state index in [1.165, 1.54) is 27.8 Å². The third-order valence-corrected chi connectivity index (χ3v) is 11.9. The third-order valence-electron chi connectivity index (χ3n) is 11.7. The maximum absolute atomic E-state index is 8.86. The molecule has 0 aromatic carbocycles. The number of hydrogen-bond donors (Lipinski definition) is 5. The number of aliphatic hydroxyl groups is 2. The van der Waals surface area contributed by atoms with Gasteiger partial charge >= 0.3 is 0 Å². The van der Waals surface area contributed by atoms with E-state index < -0.39 is 0 Å². The van der Waals surface area contributed by atoms with E-state index in [9.17, 15) is 0 Å². The van der Waals surface area contributed by atoms with Crippen LogP contribution >= 0.6 is 11.6 Å². The van der Waals surface area contributed by atoms with Crippen molar-refractivity contribution in [2.45, 2.75) is 12.8 Å². The molecule has 8 aromatic rings. The van der Waals surface area contributed by atoms with Crippen molar-refractivity contribution < 1.29 is 28.5 Å². The minimum Gasteiger partial charge on any atom is -0.492 e. The Labute approximate surface area is 425 Å². The Morgan fingerprint density at radius 3 is 1.64 bits per heavy atom. The Morgan fingerprint density at radius 2 is 1.18 bits per heavy atom. The van der Waals surface area contributed by atoms with Gasteiger partial charge in [0.25, 0.3) is 11.8 Å². The van der Waals surface area contributed by atoms with Crippen molar-refractivity contribution in [3.05, 3.63) is 78.9 Å². The first-order chi connectivity index (χ1) is 35.7. The normalized spacial score (nSPS) is 14.2. The summed E-state index contributed by atoms with van der Waals surface area (Å²) in [6, 6.07) is 11.3. The van der Waals surface area contributed by atoms with Crippen LogP contribution in [0, 0.1) is 0 Å². The van der Waals surface area contributed by atoms with E-state index >= 15 is 0 Å². The molecule has 0 bridgehead atoms. The molecule has 7 N–H and O–H groups in total. The molecule has 2 saturated heterocycles. The van der Waals surface area contributed by atoms with Gasteiger partial charge < -0.3 is 60.0 Å². The standard InChI is InChI=1S/C23H30N10O3.C15H26N4O2.C8H5ClN6O/c1-30(19-15-20-27-21(22-25-5-14-36-22)29-33(20)23(24)28-19)6-7-31-8-10-32(11-9-31)18-4-3-17(16-26-18)35-13-2-12-34;1-16-5-6-18-7-9-19(10-8-18)15-4-3-14(13-17-15)21-12-2-11-20;9-4-3-5-13-6(7-11-1-2-16-7)14-15(5)8(10)12-4/h3-5,14-16,34H,2,6-13H2,1H3,(H2,24,28);3-4,13,16,20H,2,5-12H2,1H3;1-3H,(H2,10,12). The molecule has 0 atom stereocenters. The summed E-state index contributed by atoms with van der Waals surface area (Å²) < 4.78 is 24.3. The van der Waals surface area contributed by atoms with Crippen LogP contribution in [0.1, 0.15) is 12.8 Å². The summed E-state index contributed by atoms with van der Waals surface area (Å²) in [6.45, 7) is 13.0. The van der Waals surface area contributed by atoms with Crippen molar-refractivity contribution in [3.8, 4) is 34.9 Å². The van der Waals surface area contributed by atoms with Crippen LogP contribution in [0.2, 0.25) is 5.15 Å². The predicted octanol–water partition coefficient (Wildman–Crippen LogP) is 1.98. The highest BCUT2D eigenvalue weighted by Crippen LogP contribution is 2.22. The van der Waals surface area contributed by atoms with Gasteiger partial charge in [0.05, 0.1) is 38.0 Å². The second-order valence-electron chi connectivity index (χ2n) is 16.7. The molecule has 26 nitrogen and oxygen atoms in total. The molecule has 0 aliphatic carbocycles. The monoisotopic (exact) mass is 1020 g/mol. The first-order valence-electron chi connectivity index (χ1n) is 23.9. The van der Waals surface area contributed by atoms with Crippen molar-refractivity contribution in [1.29, 1.82) is 0 Å². The van der Waals surface area contributed by atoms with Gasteiger partial charge in [-0.2, -0.15) is 14.0 Å². The quantitative estimate of drug-likeness (QED) is 0.0571. The highest BCUT2D eigenvalue weighted by molar-refractivity contribution is 6.29. The number of piperazine rings is 2. The number of nitrogens with one attached hydrogen (secondary N) is 1. The molecule has 388 valence electrons. The van der Waals surface area contributed by atoms with E-state index in [0.717, 1.165) is 107 Å². The lowest BCUT2D eigenvalue weighted by Crippen LogP contribution is -2.48. The number of pyridine rings is 2. The Bertz CT molecular complexity index is 2870. The van der Waals surface area contributed by atoms with Crippen LogP contribution in [-0.2, 0) is 0 Å². The summed E-state index contributed by atoms with van der Waals surface area (Å²) >= 11 is 5.75. The highest BCUT2D eigenvalue weighted by atomic mass is 35.5. The molecule has 0 saturated carbocycles. The molecule has 27 heteroatoms. The Balaban J connectivity index is 0.000000162. The predicted molar refractivity (Wildman–Crippen MR) is 274 cm³/mol. The van der Waals surface area contributed by atoms with Gasteiger partial charge in [-0.1, -0.05) is 11.6 Å². The van der Waals surface area contributed by atoms with Gasteiger partial charge in [0.1, 0.15) is 46.6 Å². The number of nitrogens with zero attached hydrogens (tertiary/aromatic N) is 17. The van der Waals surface area contributed by atoms with E-state index in [1.54, 1.807) is 24.7 Å². The van der Waals surface area contributed by atoms with Crippen molar-refractivity contribution in [2.24, 2.45) is 0 Å². The zero-order valence-electron chi connectivity index (χ0n) is 40.8. The molecule has 2 aliphatic rings. The minimum absolute atomic E-state index is 0.124. The summed E-state index contributed by atoms with van der Waals surface area (Å²) in [4.78, 5) is 45.6. The fourth-order valence-electron chi connectivity index (χ4n) is 7.70. The van der Waals surface area contributed by atoms with Crippen molar-refractivity contribution in [1.82, 2.24) is 74.2 Å².